The normalized spacial score (nSPS) is 11.7. The van der Waals surface area contributed by atoms with Gasteiger partial charge in [-0.05, 0) is 111 Å². The van der Waals surface area contributed by atoms with Gasteiger partial charge in [-0.3, -0.25) is 0 Å². The maximum atomic E-state index is 5.25. The van der Waals surface area contributed by atoms with Crippen molar-refractivity contribution in [3.8, 4) is 50.5 Å². The molecule has 0 aliphatic heterocycles. The summed E-state index contributed by atoms with van der Waals surface area (Å²) in [6.07, 6.45) is 0. The number of fused-ring (bicyclic) bond motifs is 9. The molecule has 0 saturated carbocycles. The second kappa shape index (κ2) is 13.2. The number of benzene rings is 9. The van der Waals surface area contributed by atoms with Gasteiger partial charge in [-0.2, -0.15) is 0 Å². The molecule has 11 aromatic rings. The zero-order valence-corrected chi connectivity index (χ0v) is 31.9. The third-order valence-corrected chi connectivity index (χ3v) is 11.7. The van der Waals surface area contributed by atoms with Gasteiger partial charge in [0.05, 0.1) is 28.1 Å². The van der Waals surface area contributed by atoms with E-state index in [1.165, 1.54) is 82.0 Å². The van der Waals surface area contributed by atoms with Crippen molar-refractivity contribution >= 4 is 54.1 Å². The van der Waals surface area contributed by atoms with Gasteiger partial charge in [0.15, 0.2) is 0 Å². The lowest BCUT2D eigenvalue weighted by Crippen LogP contribution is -1.98. The summed E-state index contributed by atoms with van der Waals surface area (Å²) in [5.74, 6) is 0. The summed E-state index contributed by atoms with van der Waals surface area (Å²) in [6, 6.07) is 71.1. The Morgan fingerprint density at radius 3 is 1.32 bits per heavy atom. The van der Waals surface area contributed by atoms with E-state index in [4.69, 9.17) is 4.98 Å². The van der Waals surface area contributed by atoms with Gasteiger partial charge in [-0.1, -0.05) is 163 Å². The van der Waals surface area contributed by atoms with Crippen LogP contribution in [0.25, 0.3) is 105 Å². The summed E-state index contributed by atoms with van der Waals surface area (Å²) in [5, 5.41) is 10.0. The van der Waals surface area contributed by atoms with Crippen LogP contribution in [0.15, 0.2) is 194 Å². The minimum atomic E-state index is 0.944. The molecule has 57 heavy (non-hydrogen) atoms. The van der Waals surface area contributed by atoms with E-state index in [1.54, 1.807) is 0 Å². The van der Waals surface area contributed by atoms with Crippen molar-refractivity contribution in [3.05, 3.63) is 205 Å². The zero-order chi connectivity index (χ0) is 38.0. The molecule has 0 unspecified atom stereocenters. The number of nitrogens with zero attached hydrogens (tertiary/aromatic N) is 2. The van der Waals surface area contributed by atoms with E-state index < -0.39 is 0 Å². The van der Waals surface area contributed by atoms with Crippen LogP contribution in [0.3, 0.4) is 0 Å². The molecule has 2 aromatic heterocycles. The highest BCUT2D eigenvalue weighted by Gasteiger charge is 2.19. The molecular weight excluding hydrogens is 689 g/mol. The number of hydrogen-bond acceptors (Lipinski definition) is 1. The first kappa shape index (κ1) is 33.1. The van der Waals surface area contributed by atoms with Crippen molar-refractivity contribution in [1.29, 1.82) is 0 Å². The quantitative estimate of drug-likeness (QED) is 0.162. The van der Waals surface area contributed by atoms with Crippen molar-refractivity contribution in [2.24, 2.45) is 0 Å². The standard InChI is InChI=1S/C55H38N2/c1-35-17-21-37(22-18-35)41-25-27-46-47(29-41)44-15-9-10-16-45(44)49-34-55-51(33-48(46)49)50-30-42(38-23-19-36(2)20-24-38)26-28-54(50)57(55)43-31-52(39-11-5-3-6-12-39)56-53(32-43)40-13-7-4-8-14-40/h3-34H,1-2H3. The minimum absolute atomic E-state index is 0.944. The van der Waals surface area contributed by atoms with Crippen LogP contribution in [0.5, 0.6) is 0 Å². The lowest BCUT2D eigenvalue weighted by Gasteiger charge is -2.15. The third-order valence-electron chi connectivity index (χ3n) is 11.7. The molecular formula is C55H38N2. The van der Waals surface area contributed by atoms with Gasteiger partial charge in [0.2, 0.25) is 0 Å². The minimum Gasteiger partial charge on any atom is -0.309 e. The Hall–Kier alpha value is -7.29. The van der Waals surface area contributed by atoms with Crippen LogP contribution < -0.4 is 0 Å². The second-order valence-electron chi connectivity index (χ2n) is 15.3. The van der Waals surface area contributed by atoms with Crippen molar-refractivity contribution in [2.75, 3.05) is 0 Å². The van der Waals surface area contributed by atoms with E-state index in [-0.39, 0.29) is 0 Å². The summed E-state index contributed by atoms with van der Waals surface area (Å²) in [5.41, 5.74) is 14.9. The first-order valence-electron chi connectivity index (χ1n) is 19.7. The predicted molar refractivity (Wildman–Crippen MR) is 242 cm³/mol. The summed E-state index contributed by atoms with van der Waals surface area (Å²) in [7, 11) is 0. The van der Waals surface area contributed by atoms with Crippen LogP contribution in [-0.4, -0.2) is 9.55 Å². The molecule has 0 N–H and O–H groups in total. The third kappa shape index (κ3) is 5.60. The van der Waals surface area contributed by atoms with Gasteiger partial charge >= 0.3 is 0 Å². The number of pyridine rings is 1. The molecule has 268 valence electrons. The zero-order valence-electron chi connectivity index (χ0n) is 31.9. The molecule has 0 radical (unpaired) electrons. The average molecular weight is 727 g/mol. The lowest BCUT2D eigenvalue weighted by atomic mass is 9.91. The summed E-state index contributed by atoms with van der Waals surface area (Å²) >= 11 is 0. The molecule has 2 nitrogen and oxygen atoms in total. The van der Waals surface area contributed by atoms with E-state index >= 15 is 0 Å². The Morgan fingerprint density at radius 2 is 0.737 bits per heavy atom. The van der Waals surface area contributed by atoms with Crippen LogP contribution in [0, 0.1) is 13.8 Å². The molecule has 0 saturated heterocycles. The Balaban J connectivity index is 1.25. The fourth-order valence-corrected chi connectivity index (χ4v) is 8.75. The van der Waals surface area contributed by atoms with Crippen LogP contribution in [0.1, 0.15) is 11.1 Å². The number of aryl methyl sites for hydroxylation is 2. The topological polar surface area (TPSA) is 17.8 Å². The van der Waals surface area contributed by atoms with Crippen LogP contribution in [-0.2, 0) is 0 Å². The van der Waals surface area contributed by atoms with E-state index in [9.17, 15) is 0 Å². The Kier molecular flexibility index (Phi) is 7.65. The summed E-state index contributed by atoms with van der Waals surface area (Å²) in [6.45, 7) is 4.29. The summed E-state index contributed by atoms with van der Waals surface area (Å²) < 4.78 is 2.46. The van der Waals surface area contributed by atoms with Crippen LogP contribution >= 0.6 is 0 Å². The van der Waals surface area contributed by atoms with Crippen LogP contribution in [0.4, 0.5) is 0 Å². The van der Waals surface area contributed by atoms with Gasteiger partial charge in [-0.25, -0.2) is 4.98 Å². The number of rotatable bonds is 5. The molecule has 0 atom stereocenters. The largest absolute Gasteiger partial charge is 0.309 e. The van der Waals surface area contributed by atoms with E-state index in [2.05, 4.69) is 213 Å². The Labute approximate surface area is 331 Å². The molecule has 0 aliphatic rings. The van der Waals surface area contributed by atoms with Crippen LogP contribution in [0.2, 0.25) is 0 Å². The second-order valence-corrected chi connectivity index (χ2v) is 15.3. The van der Waals surface area contributed by atoms with E-state index in [0.717, 1.165) is 33.7 Å². The Morgan fingerprint density at radius 1 is 0.298 bits per heavy atom. The molecule has 0 fully saturated rings. The highest BCUT2D eigenvalue weighted by atomic mass is 15.0. The first-order valence-corrected chi connectivity index (χ1v) is 19.7. The predicted octanol–water partition coefficient (Wildman–Crippen LogP) is 14.9. The molecule has 0 aliphatic carbocycles. The van der Waals surface area contributed by atoms with Gasteiger partial charge < -0.3 is 4.57 Å². The highest BCUT2D eigenvalue weighted by Crippen LogP contribution is 2.43. The SMILES string of the molecule is Cc1ccc(-c2ccc3c(c2)c2ccccc2c2cc4c(cc32)c2cc(-c3ccc(C)cc3)ccc2n4-c2cc(-c3ccccc3)nc(-c3ccccc3)c2)cc1. The fraction of sp³-hybridized carbons (Fsp3) is 0.0364. The van der Waals surface area contributed by atoms with Gasteiger partial charge in [0, 0.05) is 21.9 Å². The van der Waals surface area contributed by atoms with Crippen molar-refractivity contribution in [2.45, 2.75) is 13.8 Å². The molecule has 2 heterocycles. The first-order chi connectivity index (χ1) is 28.1. The van der Waals surface area contributed by atoms with Crippen molar-refractivity contribution in [3.63, 3.8) is 0 Å². The average Bonchev–Trinajstić information content (AvgIpc) is 3.59. The summed E-state index contributed by atoms with van der Waals surface area (Å²) in [4.78, 5) is 5.25. The van der Waals surface area contributed by atoms with Gasteiger partial charge in [0.1, 0.15) is 0 Å². The number of hydrogen-bond donors (Lipinski definition) is 0. The van der Waals surface area contributed by atoms with Gasteiger partial charge in [-0.15, -0.1) is 0 Å². The Bertz CT molecular complexity index is 3260. The van der Waals surface area contributed by atoms with E-state index in [0.29, 0.717) is 0 Å². The molecule has 2 heteroatoms. The highest BCUT2D eigenvalue weighted by molar-refractivity contribution is 6.29. The fourth-order valence-electron chi connectivity index (χ4n) is 8.75. The van der Waals surface area contributed by atoms with Crippen molar-refractivity contribution in [1.82, 2.24) is 9.55 Å². The molecule has 0 spiro atoms. The molecule has 11 rings (SSSR count). The van der Waals surface area contributed by atoms with Crippen molar-refractivity contribution < 1.29 is 0 Å². The maximum Gasteiger partial charge on any atom is 0.0730 e. The monoisotopic (exact) mass is 726 g/mol. The number of aromatic nitrogens is 2. The molecule has 0 amide bonds. The molecule has 0 bridgehead atoms. The molecule has 9 aromatic carbocycles. The van der Waals surface area contributed by atoms with Gasteiger partial charge in [0.25, 0.3) is 0 Å². The van der Waals surface area contributed by atoms with E-state index in [1.807, 2.05) is 0 Å². The maximum absolute atomic E-state index is 5.25. The lowest BCUT2D eigenvalue weighted by molar-refractivity contribution is 1.16. The smallest absolute Gasteiger partial charge is 0.0730 e.